The van der Waals surface area contributed by atoms with E-state index in [0.717, 1.165) is 18.5 Å². The van der Waals surface area contributed by atoms with Crippen molar-refractivity contribution in [1.29, 1.82) is 0 Å². The highest BCUT2D eigenvalue weighted by Crippen LogP contribution is 2.10. The quantitative estimate of drug-likeness (QED) is 0.729. The fourth-order valence-electron chi connectivity index (χ4n) is 2.84. The van der Waals surface area contributed by atoms with Gasteiger partial charge in [0.05, 0.1) is 0 Å². The van der Waals surface area contributed by atoms with Crippen molar-refractivity contribution in [3.63, 3.8) is 0 Å². The molecule has 0 bridgehead atoms. The maximum Gasteiger partial charge on any atom is 0.319 e. The molecule has 0 saturated carbocycles. The van der Waals surface area contributed by atoms with Crippen LogP contribution in [0.1, 0.15) is 19.3 Å². The van der Waals surface area contributed by atoms with Gasteiger partial charge in [0, 0.05) is 43.2 Å². The van der Waals surface area contributed by atoms with Crippen molar-refractivity contribution in [3.8, 4) is 0 Å². The van der Waals surface area contributed by atoms with Gasteiger partial charge in [0.1, 0.15) is 5.69 Å². The second-order valence-corrected chi connectivity index (χ2v) is 5.80. The number of hydrogen-bond donors (Lipinski definition) is 3. The van der Waals surface area contributed by atoms with Gasteiger partial charge in [0.15, 0.2) is 0 Å². The Kier molecular flexibility index (Phi) is 4.79. The second kappa shape index (κ2) is 7.16. The summed E-state index contributed by atoms with van der Waals surface area (Å²) in [6.45, 7) is 1.90. The van der Waals surface area contributed by atoms with Crippen LogP contribution in [0.5, 0.6) is 0 Å². The van der Waals surface area contributed by atoms with Crippen LogP contribution < -0.4 is 16.1 Å². The standard InChI is InChI=1S/C17H20N4O3/c22-15-7-3-9-21(15)10-4-8-18-17(24)20-14-11-19-13-6-2-1-5-12(13)16(14)23/h1-2,5-6,11H,3-4,7-10H2,(H,19,23)(H2,18,20,24). The fraction of sp³-hybridized carbons (Fsp3) is 0.353. The number of H-pyrrole nitrogens is 1. The minimum atomic E-state index is -0.427. The molecule has 0 spiro atoms. The number of urea groups is 1. The van der Waals surface area contributed by atoms with Crippen molar-refractivity contribution in [2.24, 2.45) is 0 Å². The Balaban J connectivity index is 1.51. The van der Waals surface area contributed by atoms with Gasteiger partial charge in [0.25, 0.3) is 0 Å². The van der Waals surface area contributed by atoms with Gasteiger partial charge in [-0.25, -0.2) is 4.79 Å². The van der Waals surface area contributed by atoms with Crippen LogP contribution in [0.4, 0.5) is 10.5 Å². The van der Waals surface area contributed by atoms with E-state index in [0.29, 0.717) is 31.3 Å². The number of aromatic amines is 1. The Morgan fingerprint density at radius 3 is 2.88 bits per heavy atom. The second-order valence-electron chi connectivity index (χ2n) is 5.80. The van der Waals surface area contributed by atoms with Crippen molar-refractivity contribution in [3.05, 3.63) is 40.7 Å². The van der Waals surface area contributed by atoms with Gasteiger partial charge >= 0.3 is 6.03 Å². The van der Waals surface area contributed by atoms with E-state index < -0.39 is 6.03 Å². The summed E-state index contributed by atoms with van der Waals surface area (Å²) in [5.74, 6) is 0.183. The average Bonchev–Trinajstić information content (AvgIpc) is 3.00. The van der Waals surface area contributed by atoms with Gasteiger partial charge in [0.2, 0.25) is 11.3 Å². The van der Waals surface area contributed by atoms with Crippen molar-refractivity contribution in [2.45, 2.75) is 19.3 Å². The minimum Gasteiger partial charge on any atom is -0.359 e. The third-order valence-corrected chi connectivity index (χ3v) is 4.10. The monoisotopic (exact) mass is 328 g/mol. The van der Waals surface area contributed by atoms with Crippen molar-refractivity contribution < 1.29 is 9.59 Å². The first kappa shape index (κ1) is 16.0. The summed E-state index contributed by atoms with van der Waals surface area (Å²) in [6.07, 6.45) is 3.72. The molecule has 3 amide bonds. The number of nitrogens with one attached hydrogen (secondary N) is 3. The van der Waals surface area contributed by atoms with Crippen molar-refractivity contribution in [2.75, 3.05) is 25.0 Å². The van der Waals surface area contributed by atoms with Crippen LogP contribution in [0.25, 0.3) is 10.9 Å². The zero-order valence-electron chi connectivity index (χ0n) is 13.3. The lowest BCUT2D eigenvalue weighted by Crippen LogP contribution is -2.34. The number of para-hydroxylation sites is 1. The molecule has 1 aromatic carbocycles. The van der Waals surface area contributed by atoms with Crippen LogP contribution in [0.15, 0.2) is 35.3 Å². The molecule has 3 N–H and O–H groups in total. The molecule has 0 atom stereocenters. The molecule has 2 heterocycles. The Labute approximate surface area is 139 Å². The highest BCUT2D eigenvalue weighted by Gasteiger charge is 2.19. The summed E-state index contributed by atoms with van der Waals surface area (Å²) in [4.78, 5) is 40.5. The Hall–Kier alpha value is -2.83. The number of rotatable bonds is 5. The molecule has 24 heavy (non-hydrogen) atoms. The van der Waals surface area contributed by atoms with Crippen LogP contribution >= 0.6 is 0 Å². The van der Waals surface area contributed by atoms with Gasteiger partial charge in [-0.15, -0.1) is 0 Å². The number of nitrogens with zero attached hydrogens (tertiary/aromatic N) is 1. The van der Waals surface area contributed by atoms with Crippen molar-refractivity contribution in [1.82, 2.24) is 15.2 Å². The summed E-state index contributed by atoms with van der Waals surface area (Å²) >= 11 is 0. The zero-order valence-corrected chi connectivity index (χ0v) is 13.3. The molecule has 1 aliphatic heterocycles. The molecule has 0 radical (unpaired) electrons. The Bertz CT molecular complexity index is 815. The first-order valence-corrected chi connectivity index (χ1v) is 8.08. The number of pyridine rings is 1. The number of hydrogen-bond acceptors (Lipinski definition) is 3. The van der Waals surface area contributed by atoms with Gasteiger partial charge in [-0.3, -0.25) is 9.59 Å². The van der Waals surface area contributed by atoms with Crippen molar-refractivity contribution >= 4 is 28.5 Å². The molecule has 7 nitrogen and oxygen atoms in total. The molecule has 0 aliphatic carbocycles. The lowest BCUT2D eigenvalue weighted by Gasteiger charge is -2.15. The Morgan fingerprint density at radius 1 is 1.25 bits per heavy atom. The van der Waals surface area contributed by atoms with Gasteiger partial charge in [-0.1, -0.05) is 12.1 Å². The van der Waals surface area contributed by atoms with Crippen LogP contribution in [-0.2, 0) is 4.79 Å². The maximum atomic E-state index is 12.3. The molecule has 7 heteroatoms. The maximum absolute atomic E-state index is 12.3. The van der Waals surface area contributed by atoms with E-state index in [1.54, 1.807) is 18.2 Å². The largest absolute Gasteiger partial charge is 0.359 e. The summed E-state index contributed by atoms with van der Waals surface area (Å²) < 4.78 is 0. The molecule has 1 saturated heterocycles. The smallest absolute Gasteiger partial charge is 0.319 e. The van der Waals surface area contributed by atoms with E-state index in [-0.39, 0.29) is 17.0 Å². The number of amides is 3. The third-order valence-electron chi connectivity index (χ3n) is 4.10. The summed E-state index contributed by atoms with van der Waals surface area (Å²) in [5.41, 5.74) is 0.715. The first-order chi connectivity index (χ1) is 11.6. The van der Waals surface area contributed by atoms with Gasteiger partial charge in [-0.05, 0) is 25.0 Å². The molecule has 1 aromatic heterocycles. The molecule has 2 aromatic rings. The number of aromatic nitrogens is 1. The molecule has 1 fully saturated rings. The van der Waals surface area contributed by atoms with Crippen LogP contribution in [0, 0.1) is 0 Å². The lowest BCUT2D eigenvalue weighted by atomic mass is 10.2. The molecule has 0 unspecified atom stereocenters. The molecular weight excluding hydrogens is 308 g/mol. The van der Waals surface area contributed by atoms with Crippen LogP contribution in [-0.4, -0.2) is 41.5 Å². The summed E-state index contributed by atoms with van der Waals surface area (Å²) in [6, 6.07) is 6.71. The van der Waals surface area contributed by atoms with Gasteiger partial charge in [-0.2, -0.15) is 0 Å². The van der Waals surface area contributed by atoms with Crippen LogP contribution in [0.3, 0.4) is 0 Å². The predicted molar refractivity (Wildman–Crippen MR) is 92.0 cm³/mol. The number of likely N-dealkylation sites (tertiary alicyclic amines) is 1. The fourth-order valence-corrected chi connectivity index (χ4v) is 2.84. The van der Waals surface area contributed by atoms with E-state index in [1.807, 2.05) is 11.0 Å². The van der Waals surface area contributed by atoms with Gasteiger partial charge < -0.3 is 20.5 Å². The number of carbonyl (C=O) groups is 2. The van der Waals surface area contributed by atoms with E-state index in [4.69, 9.17) is 0 Å². The third kappa shape index (κ3) is 3.56. The highest BCUT2D eigenvalue weighted by molar-refractivity contribution is 5.91. The summed E-state index contributed by atoms with van der Waals surface area (Å²) in [7, 11) is 0. The van der Waals surface area contributed by atoms with Crippen LogP contribution in [0.2, 0.25) is 0 Å². The SMILES string of the molecule is O=C(NCCCN1CCCC1=O)Nc1c[nH]c2ccccc2c1=O. The Morgan fingerprint density at radius 2 is 2.08 bits per heavy atom. The summed E-state index contributed by atoms with van der Waals surface area (Å²) in [5, 5.41) is 5.80. The predicted octanol–water partition coefficient (Wildman–Crippen LogP) is 1.66. The molecule has 1 aliphatic rings. The number of carbonyl (C=O) groups excluding carboxylic acids is 2. The normalized spacial score (nSPS) is 14.2. The number of benzene rings is 1. The highest BCUT2D eigenvalue weighted by atomic mass is 16.2. The van der Waals surface area contributed by atoms with E-state index in [9.17, 15) is 14.4 Å². The average molecular weight is 328 g/mol. The van der Waals surface area contributed by atoms with E-state index in [2.05, 4.69) is 15.6 Å². The topological polar surface area (TPSA) is 94.3 Å². The van der Waals surface area contributed by atoms with E-state index >= 15 is 0 Å². The number of fused-ring (bicyclic) bond motifs is 1. The molecule has 126 valence electrons. The zero-order chi connectivity index (χ0) is 16.9. The first-order valence-electron chi connectivity index (χ1n) is 8.08. The number of anilines is 1. The molecule has 3 rings (SSSR count). The van der Waals surface area contributed by atoms with E-state index in [1.165, 1.54) is 6.20 Å². The minimum absolute atomic E-state index is 0.183. The lowest BCUT2D eigenvalue weighted by molar-refractivity contribution is -0.127. The molecular formula is C17H20N4O3.